The number of carbonyl (C=O) groups is 1. The Balaban J connectivity index is 2.62. The largest absolute Gasteiger partial charge is 0.299 e. The molecular weight excluding hydrogens is 172 g/mol. The summed E-state index contributed by atoms with van der Waals surface area (Å²) in [5.74, 6) is 2.66. The Morgan fingerprint density at radius 1 is 1.43 bits per heavy atom. The molecule has 1 aromatic rings. The van der Waals surface area contributed by atoms with E-state index in [0.717, 1.165) is 5.56 Å². The van der Waals surface area contributed by atoms with Crippen LogP contribution in [0.1, 0.15) is 31.2 Å². The summed E-state index contributed by atoms with van der Waals surface area (Å²) in [4.78, 5) is 11.6. The Morgan fingerprint density at radius 3 is 2.64 bits per heavy atom. The highest BCUT2D eigenvalue weighted by Gasteiger charge is 2.13. The molecule has 1 heteroatoms. The number of carbonyl (C=O) groups excluding carboxylic acids is 1. The summed E-state index contributed by atoms with van der Waals surface area (Å²) in [5, 5.41) is 0. The Bertz CT molecular complexity index is 332. The summed E-state index contributed by atoms with van der Waals surface area (Å²) in [6.45, 7) is 1.92. The van der Waals surface area contributed by atoms with E-state index in [2.05, 4.69) is 5.92 Å². The van der Waals surface area contributed by atoms with Crippen molar-refractivity contribution in [3.8, 4) is 12.3 Å². The lowest BCUT2D eigenvalue weighted by molar-refractivity contribution is -0.120. The van der Waals surface area contributed by atoms with Crippen molar-refractivity contribution < 1.29 is 4.79 Å². The molecule has 0 bridgehead atoms. The van der Waals surface area contributed by atoms with Gasteiger partial charge in [-0.25, -0.2) is 0 Å². The smallest absolute Gasteiger partial charge is 0.141 e. The lowest BCUT2D eigenvalue weighted by Gasteiger charge is -2.09. The quantitative estimate of drug-likeness (QED) is 0.661. The number of rotatable bonds is 4. The molecule has 1 aromatic carbocycles. The number of hydrogen-bond acceptors (Lipinski definition) is 1. The molecule has 0 N–H and O–H groups in total. The summed E-state index contributed by atoms with van der Waals surface area (Å²) in [5.41, 5.74) is 1.06. The van der Waals surface area contributed by atoms with E-state index in [0.29, 0.717) is 12.8 Å². The molecule has 0 fully saturated rings. The Kier molecular flexibility index (Phi) is 3.94. The lowest BCUT2D eigenvalue weighted by atomic mass is 9.94. The van der Waals surface area contributed by atoms with Gasteiger partial charge in [0.05, 0.1) is 0 Å². The summed E-state index contributed by atoms with van der Waals surface area (Å²) in [6, 6.07) is 9.78. The highest BCUT2D eigenvalue weighted by Crippen LogP contribution is 2.17. The van der Waals surface area contributed by atoms with Gasteiger partial charge >= 0.3 is 0 Å². The zero-order valence-electron chi connectivity index (χ0n) is 8.36. The molecule has 1 nitrogen and oxygen atoms in total. The molecule has 14 heavy (non-hydrogen) atoms. The van der Waals surface area contributed by atoms with Gasteiger partial charge in [-0.1, -0.05) is 37.3 Å². The van der Waals surface area contributed by atoms with Gasteiger partial charge in [-0.05, 0) is 5.56 Å². The molecule has 0 aliphatic rings. The number of hydrogen-bond donors (Lipinski definition) is 0. The van der Waals surface area contributed by atoms with Crippen LogP contribution < -0.4 is 0 Å². The Morgan fingerprint density at radius 2 is 2.07 bits per heavy atom. The maximum absolute atomic E-state index is 11.6. The Labute approximate surface area is 85.1 Å². The third-order valence-electron chi connectivity index (χ3n) is 2.30. The van der Waals surface area contributed by atoms with Crippen LogP contribution in [0.25, 0.3) is 0 Å². The Hall–Kier alpha value is -1.55. The molecule has 0 aliphatic heterocycles. The van der Waals surface area contributed by atoms with Crippen LogP contribution in [0.3, 0.4) is 0 Å². The molecule has 1 atom stereocenters. The van der Waals surface area contributed by atoms with Crippen molar-refractivity contribution in [3.05, 3.63) is 35.9 Å². The summed E-state index contributed by atoms with van der Waals surface area (Å²) in [7, 11) is 0. The molecule has 0 spiro atoms. The average molecular weight is 186 g/mol. The highest BCUT2D eigenvalue weighted by atomic mass is 16.1. The number of Topliss-reactive ketones (excluding diaryl/α,β-unsaturated/α-hetero) is 1. The van der Waals surface area contributed by atoms with Crippen molar-refractivity contribution >= 4 is 5.78 Å². The van der Waals surface area contributed by atoms with Gasteiger partial charge < -0.3 is 0 Å². The second-order valence-corrected chi connectivity index (χ2v) is 3.30. The summed E-state index contributed by atoms with van der Waals surface area (Å²) < 4.78 is 0. The fraction of sp³-hybridized carbons (Fsp3) is 0.308. The van der Waals surface area contributed by atoms with Gasteiger partial charge in [-0.2, -0.15) is 0 Å². The summed E-state index contributed by atoms with van der Waals surface area (Å²) in [6.07, 6.45) is 6.13. The standard InChI is InChI=1S/C13H14O/c1-3-4-10-13(14)11(2)12-8-6-5-7-9-12/h1,5-9,11H,4,10H2,2H3. The number of ketones is 1. The molecule has 0 aliphatic carbocycles. The predicted octanol–water partition coefficient (Wildman–Crippen LogP) is 2.77. The van der Waals surface area contributed by atoms with E-state index in [-0.39, 0.29) is 11.7 Å². The van der Waals surface area contributed by atoms with Gasteiger partial charge in [0.2, 0.25) is 0 Å². The molecule has 0 amide bonds. The number of benzene rings is 1. The zero-order valence-corrected chi connectivity index (χ0v) is 8.36. The predicted molar refractivity (Wildman–Crippen MR) is 57.9 cm³/mol. The van der Waals surface area contributed by atoms with E-state index in [4.69, 9.17) is 6.42 Å². The van der Waals surface area contributed by atoms with Crippen LogP contribution in [0.15, 0.2) is 30.3 Å². The second kappa shape index (κ2) is 5.24. The SMILES string of the molecule is C#CCCC(=O)C(C)c1ccccc1. The molecule has 0 radical (unpaired) electrons. The molecule has 0 heterocycles. The van der Waals surface area contributed by atoms with Crippen molar-refractivity contribution in [2.75, 3.05) is 0 Å². The van der Waals surface area contributed by atoms with Crippen LogP contribution in [0, 0.1) is 12.3 Å². The highest BCUT2D eigenvalue weighted by molar-refractivity contribution is 5.85. The van der Waals surface area contributed by atoms with Gasteiger partial charge in [0.1, 0.15) is 5.78 Å². The topological polar surface area (TPSA) is 17.1 Å². The van der Waals surface area contributed by atoms with E-state index in [1.807, 2.05) is 37.3 Å². The van der Waals surface area contributed by atoms with E-state index in [1.54, 1.807) is 0 Å². The van der Waals surface area contributed by atoms with Crippen LogP contribution in [0.5, 0.6) is 0 Å². The fourth-order valence-corrected chi connectivity index (χ4v) is 1.34. The van der Waals surface area contributed by atoms with Crippen molar-refractivity contribution in [2.45, 2.75) is 25.7 Å². The van der Waals surface area contributed by atoms with E-state index in [1.165, 1.54) is 0 Å². The molecule has 1 unspecified atom stereocenters. The minimum absolute atomic E-state index is 0.0375. The van der Waals surface area contributed by atoms with Gasteiger partial charge in [0, 0.05) is 18.8 Å². The van der Waals surface area contributed by atoms with Crippen molar-refractivity contribution in [3.63, 3.8) is 0 Å². The van der Waals surface area contributed by atoms with E-state index >= 15 is 0 Å². The molecule has 72 valence electrons. The normalized spacial score (nSPS) is 11.7. The first-order chi connectivity index (χ1) is 6.75. The van der Waals surface area contributed by atoms with Crippen LogP contribution in [-0.4, -0.2) is 5.78 Å². The first kappa shape index (κ1) is 10.5. The maximum Gasteiger partial charge on any atom is 0.141 e. The monoisotopic (exact) mass is 186 g/mol. The minimum atomic E-state index is -0.0375. The molecule has 0 saturated carbocycles. The van der Waals surface area contributed by atoms with Crippen LogP contribution >= 0.6 is 0 Å². The van der Waals surface area contributed by atoms with E-state index < -0.39 is 0 Å². The molecular formula is C13H14O. The molecule has 1 rings (SSSR count). The van der Waals surface area contributed by atoms with Crippen LogP contribution in [-0.2, 0) is 4.79 Å². The van der Waals surface area contributed by atoms with E-state index in [9.17, 15) is 4.79 Å². The fourth-order valence-electron chi connectivity index (χ4n) is 1.34. The average Bonchev–Trinajstić information content (AvgIpc) is 2.26. The van der Waals surface area contributed by atoms with Crippen molar-refractivity contribution in [1.82, 2.24) is 0 Å². The zero-order chi connectivity index (χ0) is 10.4. The minimum Gasteiger partial charge on any atom is -0.299 e. The summed E-state index contributed by atoms with van der Waals surface area (Å²) >= 11 is 0. The van der Waals surface area contributed by atoms with Crippen LogP contribution in [0.2, 0.25) is 0 Å². The van der Waals surface area contributed by atoms with Gasteiger partial charge in [-0.3, -0.25) is 4.79 Å². The van der Waals surface area contributed by atoms with Gasteiger partial charge in [0.25, 0.3) is 0 Å². The second-order valence-electron chi connectivity index (χ2n) is 3.30. The van der Waals surface area contributed by atoms with Gasteiger partial charge in [0.15, 0.2) is 0 Å². The molecule has 0 aromatic heterocycles. The first-order valence-electron chi connectivity index (χ1n) is 4.77. The van der Waals surface area contributed by atoms with Crippen molar-refractivity contribution in [1.29, 1.82) is 0 Å². The maximum atomic E-state index is 11.6. The third-order valence-corrected chi connectivity index (χ3v) is 2.30. The van der Waals surface area contributed by atoms with Crippen molar-refractivity contribution in [2.24, 2.45) is 0 Å². The lowest BCUT2D eigenvalue weighted by Crippen LogP contribution is -2.08. The number of terminal acetylenes is 1. The first-order valence-corrected chi connectivity index (χ1v) is 4.77. The van der Waals surface area contributed by atoms with Crippen LogP contribution in [0.4, 0.5) is 0 Å². The molecule has 0 saturated heterocycles. The third kappa shape index (κ3) is 2.74. The van der Waals surface area contributed by atoms with Gasteiger partial charge in [-0.15, -0.1) is 12.3 Å².